The van der Waals surface area contributed by atoms with E-state index in [-0.39, 0.29) is 5.91 Å². The summed E-state index contributed by atoms with van der Waals surface area (Å²) < 4.78 is 0. The van der Waals surface area contributed by atoms with Gasteiger partial charge in [0.05, 0.1) is 0 Å². The van der Waals surface area contributed by atoms with Gasteiger partial charge in [0.15, 0.2) is 0 Å². The van der Waals surface area contributed by atoms with Crippen LogP contribution in [0.15, 0.2) is 42.5 Å². The Balaban J connectivity index is 1.75. The number of carbonyl (C=O) groups is 1. The fraction of sp³-hybridized carbons (Fsp3) is 0.409. The Kier molecular flexibility index (Phi) is 5.62. The van der Waals surface area contributed by atoms with Gasteiger partial charge in [-0.25, -0.2) is 0 Å². The molecule has 138 valence electrons. The molecule has 1 fully saturated rings. The quantitative estimate of drug-likeness (QED) is 0.897. The molecule has 0 saturated carbocycles. The molecular formula is C22H29N3O. The molecule has 0 spiro atoms. The molecule has 26 heavy (non-hydrogen) atoms. The molecule has 1 amide bonds. The number of rotatable bonds is 5. The molecule has 1 aliphatic rings. The van der Waals surface area contributed by atoms with Crippen molar-refractivity contribution in [1.82, 2.24) is 10.2 Å². The first-order valence-corrected chi connectivity index (χ1v) is 9.30. The molecule has 0 bridgehead atoms. The fourth-order valence-corrected chi connectivity index (χ4v) is 3.58. The van der Waals surface area contributed by atoms with Crippen LogP contribution >= 0.6 is 0 Å². The van der Waals surface area contributed by atoms with Gasteiger partial charge in [-0.05, 0) is 67.2 Å². The summed E-state index contributed by atoms with van der Waals surface area (Å²) in [5, 5.41) is 3.36. The molecule has 1 atom stereocenters. The number of anilines is 1. The summed E-state index contributed by atoms with van der Waals surface area (Å²) in [7, 11) is 5.99. The molecule has 1 saturated heterocycles. The van der Waals surface area contributed by atoms with Crippen LogP contribution in [-0.2, 0) is 0 Å². The molecule has 3 rings (SSSR count). The number of aryl methyl sites for hydroxylation is 1. The van der Waals surface area contributed by atoms with Crippen molar-refractivity contribution in [3.05, 3.63) is 53.6 Å². The highest BCUT2D eigenvalue weighted by Crippen LogP contribution is 2.25. The topological polar surface area (TPSA) is 35.6 Å². The maximum atomic E-state index is 12.8. The first-order valence-electron chi connectivity index (χ1n) is 9.30. The van der Waals surface area contributed by atoms with Crippen LogP contribution in [0, 0.1) is 12.8 Å². The molecular weight excluding hydrogens is 322 g/mol. The number of benzene rings is 2. The number of carbonyl (C=O) groups excluding carboxylic acids is 1. The minimum Gasteiger partial charge on any atom is -0.378 e. The lowest BCUT2D eigenvalue weighted by molar-refractivity contribution is 0.0775. The second-order valence-corrected chi connectivity index (χ2v) is 7.52. The normalized spacial score (nSPS) is 16.5. The van der Waals surface area contributed by atoms with Crippen LogP contribution in [0.1, 0.15) is 22.3 Å². The van der Waals surface area contributed by atoms with Gasteiger partial charge >= 0.3 is 0 Å². The van der Waals surface area contributed by atoms with E-state index in [1.165, 1.54) is 11.3 Å². The minimum absolute atomic E-state index is 0.115. The molecule has 0 aromatic heterocycles. The lowest BCUT2D eigenvalue weighted by Crippen LogP contribution is -2.33. The average Bonchev–Trinajstić information content (AvgIpc) is 3.14. The zero-order valence-electron chi connectivity index (χ0n) is 16.2. The molecule has 1 aliphatic heterocycles. The van der Waals surface area contributed by atoms with E-state index in [1.807, 2.05) is 39.0 Å². The Morgan fingerprint density at radius 3 is 2.35 bits per heavy atom. The zero-order valence-corrected chi connectivity index (χ0v) is 16.2. The van der Waals surface area contributed by atoms with E-state index >= 15 is 0 Å². The molecule has 4 heteroatoms. The SMILES string of the molecule is Cc1cc(-c2ccc(N(C)C)cc2)ccc1C(=O)N(C)C[C@@H]1CCNC1. The van der Waals surface area contributed by atoms with E-state index in [0.29, 0.717) is 5.92 Å². The first kappa shape index (κ1) is 18.5. The largest absolute Gasteiger partial charge is 0.378 e. The van der Waals surface area contributed by atoms with Gasteiger partial charge in [-0.2, -0.15) is 0 Å². The summed E-state index contributed by atoms with van der Waals surface area (Å²) in [5.74, 6) is 0.683. The molecule has 0 unspecified atom stereocenters. The minimum atomic E-state index is 0.115. The van der Waals surface area contributed by atoms with Gasteiger partial charge in [0.25, 0.3) is 5.91 Å². The van der Waals surface area contributed by atoms with Gasteiger partial charge in [0.1, 0.15) is 0 Å². The number of nitrogens with zero attached hydrogens (tertiary/aromatic N) is 2. The van der Waals surface area contributed by atoms with Gasteiger partial charge in [0, 0.05) is 38.9 Å². The van der Waals surface area contributed by atoms with Crippen molar-refractivity contribution in [3.8, 4) is 11.1 Å². The Hall–Kier alpha value is -2.33. The Morgan fingerprint density at radius 1 is 1.08 bits per heavy atom. The fourth-order valence-electron chi connectivity index (χ4n) is 3.58. The van der Waals surface area contributed by atoms with Crippen molar-refractivity contribution < 1.29 is 4.79 Å². The van der Waals surface area contributed by atoms with Gasteiger partial charge in [-0.15, -0.1) is 0 Å². The van der Waals surface area contributed by atoms with Crippen LogP contribution in [0.4, 0.5) is 5.69 Å². The smallest absolute Gasteiger partial charge is 0.253 e. The highest BCUT2D eigenvalue weighted by atomic mass is 16.2. The van der Waals surface area contributed by atoms with Crippen LogP contribution in [0.5, 0.6) is 0 Å². The summed E-state index contributed by atoms with van der Waals surface area (Å²) in [6.07, 6.45) is 1.15. The summed E-state index contributed by atoms with van der Waals surface area (Å²) in [5.41, 5.74) is 5.32. The third-order valence-electron chi connectivity index (χ3n) is 5.21. The van der Waals surface area contributed by atoms with Gasteiger partial charge in [-0.3, -0.25) is 4.79 Å². The van der Waals surface area contributed by atoms with Crippen molar-refractivity contribution in [2.24, 2.45) is 5.92 Å². The molecule has 0 radical (unpaired) electrons. The Morgan fingerprint density at radius 2 is 1.77 bits per heavy atom. The number of hydrogen-bond donors (Lipinski definition) is 1. The predicted octanol–water partition coefficient (Wildman–Crippen LogP) is 3.41. The maximum Gasteiger partial charge on any atom is 0.253 e. The van der Waals surface area contributed by atoms with E-state index < -0.39 is 0 Å². The van der Waals surface area contributed by atoms with Gasteiger partial charge in [-0.1, -0.05) is 24.3 Å². The monoisotopic (exact) mass is 351 g/mol. The standard InChI is InChI=1S/C22H29N3O/c1-16-13-19(18-5-8-20(9-6-18)24(2)3)7-10-21(16)22(26)25(4)15-17-11-12-23-14-17/h5-10,13,17,23H,11-12,14-15H2,1-4H3/t17-/m1/s1. The Bertz CT molecular complexity index is 761. The molecule has 2 aromatic carbocycles. The van der Waals surface area contributed by atoms with Gasteiger partial charge in [0.2, 0.25) is 0 Å². The lowest BCUT2D eigenvalue weighted by Gasteiger charge is -2.22. The van der Waals surface area contributed by atoms with Crippen molar-refractivity contribution in [1.29, 1.82) is 0 Å². The first-order chi connectivity index (χ1) is 12.5. The average molecular weight is 351 g/mol. The third-order valence-corrected chi connectivity index (χ3v) is 5.21. The van der Waals surface area contributed by atoms with E-state index in [2.05, 4.69) is 46.6 Å². The van der Waals surface area contributed by atoms with Crippen molar-refractivity contribution in [2.45, 2.75) is 13.3 Å². The maximum absolute atomic E-state index is 12.8. The molecule has 4 nitrogen and oxygen atoms in total. The van der Waals surface area contributed by atoms with Crippen LogP contribution in [0.25, 0.3) is 11.1 Å². The van der Waals surface area contributed by atoms with E-state index in [1.54, 1.807) is 0 Å². The van der Waals surface area contributed by atoms with Gasteiger partial charge < -0.3 is 15.1 Å². The van der Waals surface area contributed by atoms with Crippen LogP contribution in [0.2, 0.25) is 0 Å². The Labute approximate surface area is 156 Å². The summed E-state index contributed by atoms with van der Waals surface area (Å²) >= 11 is 0. The van der Waals surface area contributed by atoms with Crippen molar-refractivity contribution >= 4 is 11.6 Å². The number of hydrogen-bond acceptors (Lipinski definition) is 3. The van der Waals surface area contributed by atoms with Crippen LogP contribution in [0.3, 0.4) is 0 Å². The highest BCUT2D eigenvalue weighted by Gasteiger charge is 2.21. The predicted molar refractivity (Wildman–Crippen MR) is 109 cm³/mol. The lowest BCUT2D eigenvalue weighted by atomic mass is 9.98. The molecule has 2 aromatic rings. The number of nitrogens with one attached hydrogen (secondary N) is 1. The zero-order chi connectivity index (χ0) is 18.7. The van der Waals surface area contributed by atoms with E-state index in [0.717, 1.165) is 42.7 Å². The van der Waals surface area contributed by atoms with Crippen LogP contribution < -0.4 is 10.2 Å². The summed E-state index contributed by atoms with van der Waals surface area (Å²) in [4.78, 5) is 16.8. The van der Waals surface area contributed by atoms with Crippen LogP contribution in [-0.4, -0.2) is 51.6 Å². The van der Waals surface area contributed by atoms with Crippen molar-refractivity contribution in [2.75, 3.05) is 45.7 Å². The molecule has 0 aliphatic carbocycles. The summed E-state index contributed by atoms with van der Waals surface area (Å²) in [6.45, 7) is 4.92. The van der Waals surface area contributed by atoms with Crippen molar-refractivity contribution in [3.63, 3.8) is 0 Å². The number of amides is 1. The summed E-state index contributed by atoms with van der Waals surface area (Å²) in [6, 6.07) is 14.6. The highest BCUT2D eigenvalue weighted by molar-refractivity contribution is 5.96. The second kappa shape index (κ2) is 7.92. The third kappa shape index (κ3) is 4.07. The van der Waals surface area contributed by atoms with E-state index in [4.69, 9.17) is 0 Å². The van der Waals surface area contributed by atoms with E-state index in [9.17, 15) is 4.79 Å². The second-order valence-electron chi connectivity index (χ2n) is 7.52. The molecule has 1 heterocycles. The molecule has 1 N–H and O–H groups in total.